The zero-order valence-electron chi connectivity index (χ0n) is 11.4. The summed E-state index contributed by atoms with van der Waals surface area (Å²) in [5.41, 5.74) is 3.52. The van der Waals surface area contributed by atoms with Gasteiger partial charge in [0.15, 0.2) is 5.82 Å². The number of rotatable bonds is 3. The smallest absolute Gasteiger partial charge is 0.243 e. The van der Waals surface area contributed by atoms with E-state index in [0.29, 0.717) is 12.2 Å². The number of aryl methyl sites for hydroxylation is 1. The first kappa shape index (κ1) is 12.9. The number of H-pyrrole nitrogens is 1. The van der Waals surface area contributed by atoms with Gasteiger partial charge in [0, 0.05) is 18.3 Å². The molecule has 1 aliphatic heterocycles. The monoisotopic (exact) mass is 270 g/mol. The number of nitrogens with zero attached hydrogens (tertiary/aromatic N) is 1. The number of aromatic nitrogens is 2. The van der Waals surface area contributed by atoms with Crippen LogP contribution in [-0.2, 0) is 24.2 Å². The van der Waals surface area contributed by atoms with Gasteiger partial charge < -0.3 is 10.6 Å². The highest BCUT2D eigenvalue weighted by atomic mass is 16.2. The molecule has 1 aromatic carbocycles. The van der Waals surface area contributed by atoms with Gasteiger partial charge in [-0.25, -0.2) is 0 Å². The second kappa shape index (κ2) is 5.46. The number of hydrogen-bond acceptors (Lipinski definition) is 3. The Hall–Kier alpha value is -2.14. The molecule has 3 rings (SSSR count). The van der Waals surface area contributed by atoms with E-state index in [-0.39, 0.29) is 11.9 Å². The van der Waals surface area contributed by atoms with E-state index in [1.54, 1.807) is 0 Å². The molecule has 1 atom stereocenters. The molecule has 104 valence electrons. The first-order chi connectivity index (χ1) is 9.76. The predicted octanol–water partition coefficient (Wildman–Crippen LogP) is 1.63. The number of benzene rings is 1. The maximum Gasteiger partial charge on any atom is 0.243 e. The van der Waals surface area contributed by atoms with Crippen LogP contribution in [0.3, 0.4) is 0 Å². The molecular formula is C15H18N4O. The van der Waals surface area contributed by atoms with Crippen molar-refractivity contribution in [3.05, 3.63) is 47.2 Å². The Balaban J connectivity index is 1.67. The van der Waals surface area contributed by atoms with Crippen molar-refractivity contribution in [1.29, 1.82) is 0 Å². The molecule has 0 aliphatic carbocycles. The molecule has 2 aromatic rings. The summed E-state index contributed by atoms with van der Waals surface area (Å²) in [5.74, 6) is 0.557. The lowest BCUT2D eigenvalue weighted by molar-refractivity contribution is -0.118. The molecular weight excluding hydrogens is 252 g/mol. The fourth-order valence-electron chi connectivity index (χ4n) is 2.46. The molecule has 5 heteroatoms. The second-order valence-corrected chi connectivity index (χ2v) is 5.03. The van der Waals surface area contributed by atoms with Crippen molar-refractivity contribution in [3.63, 3.8) is 0 Å². The lowest BCUT2D eigenvalue weighted by atomic mass is 9.95. The van der Waals surface area contributed by atoms with Crippen LogP contribution in [0.1, 0.15) is 23.7 Å². The summed E-state index contributed by atoms with van der Waals surface area (Å²) in [4.78, 5) is 12.2. The minimum atomic E-state index is -0.202. The topological polar surface area (TPSA) is 69.8 Å². The second-order valence-electron chi connectivity index (χ2n) is 5.03. The van der Waals surface area contributed by atoms with Gasteiger partial charge in [-0.05, 0) is 24.0 Å². The first-order valence-corrected chi connectivity index (χ1v) is 6.91. The number of carbonyl (C=O) groups is 1. The van der Waals surface area contributed by atoms with Gasteiger partial charge >= 0.3 is 0 Å². The predicted molar refractivity (Wildman–Crippen MR) is 77.4 cm³/mol. The summed E-state index contributed by atoms with van der Waals surface area (Å²) < 4.78 is 0. The number of anilines is 1. The summed E-state index contributed by atoms with van der Waals surface area (Å²) in [6.07, 6.45) is 1.59. The Labute approximate surface area is 117 Å². The van der Waals surface area contributed by atoms with Gasteiger partial charge in [-0.1, -0.05) is 31.2 Å². The molecule has 3 N–H and O–H groups in total. The molecule has 0 saturated heterocycles. The molecule has 2 heterocycles. The Kier molecular flexibility index (Phi) is 3.52. The highest BCUT2D eigenvalue weighted by molar-refractivity contribution is 5.94. The standard InChI is InChI=1S/C15H18N4O/c1-2-12-8-14(19-18-12)17-15(20)13-7-10-5-3-4-6-11(10)9-16-13/h3-6,8,13,16H,2,7,9H2,1H3,(H2,17,18,19,20)/t13-/m0/s1. The number of amides is 1. The van der Waals surface area contributed by atoms with E-state index >= 15 is 0 Å². The van der Waals surface area contributed by atoms with E-state index in [9.17, 15) is 4.79 Å². The SMILES string of the molecule is CCc1cc(NC(=O)[C@@H]2Cc3ccccc3CN2)n[nH]1. The number of carbonyl (C=O) groups excluding carboxylic acids is 1. The van der Waals surface area contributed by atoms with Crippen molar-refractivity contribution in [2.24, 2.45) is 0 Å². The van der Waals surface area contributed by atoms with E-state index in [4.69, 9.17) is 0 Å². The van der Waals surface area contributed by atoms with Crippen LogP contribution in [-0.4, -0.2) is 22.1 Å². The summed E-state index contributed by atoms with van der Waals surface area (Å²) in [7, 11) is 0. The largest absolute Gasteiger partial charge is 0.308 e. The number of nitrogens with one attached hydrogen (secondary N) is 3. The number of fused-ring (bicyclic) bond motifs is 1. The van der Waals surface area contributed by atoms with E-state index in [1.807, 2.05) is 25.1 Å². The van der Waals surface area contributed by atoms with Crippen molar-refractivity contribution >= 4 is 11.7 Å². The quantitative estimate of drug-likeness (QED) is 0.794. The molecule has 1 aromatic heterocycles. The third-order valence-corrected chi connectivity index (χ3v) is 3.66. The maximum absolute atomic E-state index is 12.2. The van der Waals surface area contributed by atoms with Gasteiger partial charge in [-0.2, -0.15) is 5.10 Å². The van der Waals surface area contributed by atoms with Gasteiger partial charge in [0.2, 0.25) is 5.91 Å². The summed E-state index contributed by atoms with van der Waals surface area (Å²) in [6, 6.07) is 9.88. The summed E-state index contributed by atoms with van der Waals surface area (Å²) in [5, 5.41) is 13.1. The third kappa shape index (κ3) is 2.58. The highest BCUT2D eigenvalue weighted by Crippen LogP contribution is 2.17. The Morgan fingerprint density at radius 2 is 2.20 bits per heavy atom. The van der Waals surface area contributed by atoms with Crippen molar-refractivity contribution in [1.82, 2.24) is 15.5 Å². The molecule has 1 aliphatic rings. The van der Waals surface area contributed by atoms with E-state index in [2.05, 4.69) is 33.0 Å². The van der Waals surface area contributed by atoms with Gasteiger partial charge in [-0.15, -0.1) is 0 Å². The maximum atomic E-state index is 12.2. The van der Waals surface area contributed by atoms with Crippen LogP contribution in [0.25, 0.3) is 0 Å². The Bertz CT molecular complexity index is 620. The molecule has 0 spiro atoms. The molecule has 1 amide bonds. The number of aromatic amines is 1. The van der Waals surface area contributed by atoms with Crippen LogP contribution >= 0.6 is 0 Å². The Morgan fingerprint density at radius 3 is 2.95 bits per heavy atom. The van der Waals surface area contributed by atoms with Gasteiger partial charge in [-0.3, -0.25) is 9.89 Å². The molecule has 5 nitrogen and oxygen atoms in total. The average Bonchev–Trinajstić information content (AvgIpc) is 2.94. The zero-order valence-corrected chi connectivity index (χ0v) is 11.4. The molecule has 20 heavy (non-hydrogen) atoms. The minimum Gasteiger partial charge on any atom is -0.308 e. The normalized spacial score (nSPS) is 17.6. The Morgan fingerprint density at radius 1 is 1.40 bits per heavy atom. The fraction of sp³-hybridized carbons (Fsp3) is 0.333. The highest BCUT2D eigenvalue weighted by Gasteiger charge is 2.24. The van der Waals surface area contributed by atoms with Crippen LogP contribution in [0, 0.1) is 0 Å². The molecule has 0 fully saturated rings. The van der Waals surface area contributed by atoms with E-state index in [0.717, 1.165) is 18.7 Å². The van der Waals surface area contributed by atoms with Crippen LogP contribution in [0.5, 0.6) is 0 Å². The van der Waals surface area contributed by atoms with Crippen LogP contribution in [0.15, 0.2) is 30.3 Å². The third-order valence-electron chi connectivity index (χ3n) is 3.66. The van der Waals surface area contributed by atoms with Crippen molar-refractivity contribution in [2.45, 2.75) is 32.4 Å². The van der Waals surface area contributed by atoms with Gasteiger partial charge in [0.25, 0.3) is 0 Å². The zero-order chi connectivity index (χ0) is 13.9. The summed E-state index contributed by atoms with van der Waals surface area (Å²) in [6.45, 7) is 2.77. The molecule has 0 saturated carbocycles. The van der Waals surface area contributed by atoms with Crippen molar-refractivity contribution < 1.29 is 4.79 Å². The van der Waals surface area contributed by atoms with Crippen molar-refractivity contribution in [2.75, 3.05) is 5.32 Å². The average molecular weight is 270 g/mol. The molecule has 0 bridgehead atoms. The van der Waals surface area contributed by atoms with Gasteiger partial charge in [0.05, 0.1) is 6.04 Å². The fourth-order valence-corrected chi connectivity index (χ4v) is 2.46. The van der Waals surface area contributed by atoms with E-state index < -0.39 is 0 Å². The number of hydrogen-bond donors (Lipinski definition) is 3. The molecule has 0 radical (unpaired) electrons. The van der Waals surface area contributed by atoms with Gasteiger partial charge in [0.1, 0.15) is 0 Å². The molecule has 0 unspecified atom stereocenters. The minimum absolute atomic E-state index is 0.0337. The van der Waals surface area contributed by atoms with E-state index in [1.165, 1.54) is 11.1 Å². The summed E-state index contributed by atoms with van der Waals surface area (Å²) >= 11 is 0. The van der Waals surface area contributed by atoms with Crippen LogP contribution in [0.4, 0.5) is 5.82 Å². The van der Waals surface area contributed by atoms with Crippen molar-refractivity contribution in [3.8, 4) is 0 Å². The first-order valence-electron chi connectivity index (χ1n) is 6.91. The van der Waals surface area contributed by atoms with Crippen LogP contribution in [0.2, 0.25) is 0 Å². The van der Waals surface area contributed by atoms with Crippen LogP contribution < -0.4 is 10.6 Å². The lowest BCUT2D eigenvalue weighted by Gasteiger charge is -2.24. The lowest BCUT2D eigenvalue weighted by Crippen LogP contribution is -2.44.